The molecule has 1 N–H and O–H groups in total. The van der Waals surface area contributed by atoms with Gasteiger partial charge >= 0.3 is 0 Å². The number of aromatic nitrogens is 4. The van der Waals surface area contributed by atoms with Crippen LogP contribution in [0.4, 0.5) is 5.69 Å². The molecule has 0 spiro atoms. The molecule has 1 aliphatic rings. The Bertz CT molecular complexity index is 1770. The van der Waals surface area contributed by atoms with Crippen molar-refractivity contribution in [3.05, 3.63) is 126 Å². The van der Waals surface area contributed by atoms with E-state index in [1.165, 1.54) is 5.56 Å². The van der Waals surface area contributed by atoms with Crippen LogP contribution in [0.25, 0.3) is 16.8 Å². The molecule has 2 amide bonds. The molecule has 3 aromatic heterocycles. The van der Waals surface area contributed by atoms with Gasteiger partial charge in [-0.15, -0.1) is 0 Å². The molecule has 45 heavy (non-hydrogen) atoms. The minimum atomic E-state index is -0.235. The summed E-state index contributed by atoms with van der Waals surface area (Å²) in [6.45, 7) is 7.59. The Kier molecular flexibility index (Phi) is 8.82. The Balaban J connectivity index is 1.05. The highest BCUT2D eigenvalue weighted by Crippen LogP contribution is 2.31. The summed E-state index contributed by atoms with van der Waals surface area (Å²) in [5, 5.41) is 7.48. The first kappa shape index (κ1) is 29.9. The van der Waals surface area contributed by atoms with E-state index in [0.29, 0.717) is 41.7 Å². The van der Waals surface area contributed by atoms with Gasteiger partial charge in [-0.1, -0.05) is 44.2 Å². The fraction of sp³-hybridized carbons (Fsp3) is 0.270. The minimum absolute atomic E-state index is 0.00906. The van der Waals surface area contributed by atoms with Crippen molar-refractivity contribution in [2.24, 2.45) is 5.92 Å². The quantitative estimate of drug-likeness (QED) is 0.206. The average Bonchev–Trinajstić information content (AvgIpc) is 3.57. The predicted octanol–water partition coefficient (Wildman–Crippen LogP) is 7.11. The Labute approximate surface area is 264 Å². The summed E-state index contributed by atoms with van der Waals surface area (Å²) in [5.41, 5.74) is 8.02. The number of benzene rings is 2. The highest BCUT2D eigenvalue weighted by Gasteiger charge is 2.25. The minimum Gasteiger partial charge on any atom is -0.339 e. The molecule has 8 nitrogen and oxygen atoms in total. The van der Waals surface area contributed by atoms with E-state index in [1.807, 2.05) is 59.2 Å². The predicted molar refractivity (Wildman–Crippen MR) is 177 cm³/mol. The molecular formula is C37H38N6O2. The molecule has 0 saturated carbocycles. The van der Waals surface area contributed by atoms with Gasteiger partial charge in [-0.05, 0) is 91.1 Å². The fourth-order valence-corrected chi connectivity index (χ4v) is 5.84. The van der Waals surface area contributed by atoms with E-state index in [0.717, 1.165) is 47.3 Å². The molecule has 4 heterocycles. The number of rotatable bonds is 8. The first-order valence-electron chi connectivity index (χ1n) is 15.6. The van der Waals surface area contributed by atoms with Crippen molar-refractivity contribution in [1.29, 1.82) is 0 Å². The first-order chi connectivity index (χ1) is 21.8. The summed E-state index contributed by atoms with van der Waals surface area (Å²) < 4.78 is 1.85. The van der Waals surface area contributed by atoms with Crippen molar-refractivity contribution in [3.63, 3.8) is 0 Å². The second-order valence-electron chi connectivity index (χ2n) is 12.2. The van der Waals surface area contributed by atoms with Gasteiger partial charge in [0.2, 0.25) is 0 Å². The van der Waals surface area contributed by atoms with Crippen molar-refractivity contribution in [2.45, 2.75) is 46.0 Å². The second-order valence-corrected chi connectivity index (χ2v) is 12.2. The molecule has 228 valence electrons. The zero-order valence-electron chi connectivity index (χ0n) is 26.0. The lowest BCUT2D eigenvalue weighted by molar-refractivity contribution is 0.0712. The van der Waals surface area contributed by atoms with Crippen molar-refractivity contribution in [3.8, 4) is 16.8 Å². The molecule has 0 atom stereocenters. The standard InChI is InChI=1S/C37H38N6O2/c1-25(2)20-33-11-10-31(22-39-33)36(44)41-35-21-30(5-4-26(35)3)37(45)42-18-14-29(15-19-42)27-6-8-28(9-7-27)32-23-40-43(24-32)34-12-16-38-17-13-34/h4-13,16-17,21-25,29H,14-15,18-20H2,1-3H3,(H,41,44). The molecule has 1 saturated heterocycles. The van der Waals surface area contributed by atoms with Gasteiger partial charge in [-0.2, -0.15) is 5.10 Å². The third-order valence-corrected chi connectivity index (χ3v) is 8.44. The van der Waals surface area contributed by atoms with Gasteiger partial charge in [0.15, 0.2) is 0 Å². The van der Waals surface area contributed by atoms with E-state index in [4.69, 9.17) is 0 Å². The Hall–Kier alpha value is -5.11. The van der Waals surface area contributed by atoms with E-state index < -0.39 is 0 Å². The Morgan fingerprint density at radius 1 is 0.889 bits per heavy atom. The van der Waals surface area contributed by atoms with Gasteiger partial charge in [0.05, 0.1) is 17.4 Å². The number of anilines is 1. The molecule has 0 radical (unpaired) electrons. The van der Waals surface area contributed by atoms with Crippen molar-refractivity contribution in [2.75, 3.05) is 18.4 Å². The molecule has 1 fully saturated rings. The molecular weight excluding hydrogens is 560 g/mol. The van der Waals surface area contributed by atoms with E-state index >= 15 is 0 Å². The lowest BCUT2D eigenvalue weighted by atomic mass is 9.88. The van der Waals surface area contributed by atoms with E-state index in [9.17, 15) is 9.59 Å². The number of carbonyl (C=O) groups excluding carboxylic acids is 2. The molecule has 6 rings (SSSR count). The van der Waals surface area contributed by atoms with Gasteiger partial charge in [0.25, 0.3) is 11.8 Å². The van der Waals surface area contributed by atoms with Crippen LogP contribution in [0.2, 0.25) is 0 Å². The second kappa shape index (κ2) is 13.3. The topological polar surface area (TPSA) is 93.0 Å². The van der Waals surface area contributed by atoms with Crippen LogP contribution in [0, 0.1) is 12.8 Å². The number of pyridine rings is 2. The SMILES string of the molecule is Cc1ccc(C(=O)N2CCC(c3ccc(-c4cnn(-c5ccncc5)c4)cc3)CC2)cc1NC(=O)c1ccc(CC(C)C)nc1. The van der Waals surface area contributed by atoms with Crippen LogP contribution in [-0.2, 0) is 6.42 Å². The molecule has 0 bridgehead atoms. The van der Waals surface area contributed by atoms with Crippen LogP contribution in [-0.4, -0.2) is 49.6 Å². The smallest absolute Gasteiger partial charge is 0.257 e. The number of nitrogens with zero attached hydrogens (tertiary/aromatic N) is 5. The van der Waals surface area contributed by atoms with Gasteiger partial charge in [0.1, 0.15) is 0 Å². The molecule has 5 aromatic rings. The van der Waals surface area contributed by atoms with E-state index in [2.05, 4.69) is 58.5 Å². The van der Waals surface area contributed by atoms with Crippen LogP contribution in [0.1, 0.15) is 70.1 Å². The van der Waals surface area contributed by atoms with Crippen LogP contribution in [0.3, 0.4) is 0 Å². The van der Waals surface area contributed by atoms with E-state index in [-0.39, 0.29) is 11.8 Å². The highest BCUT2D eigenvalue weighted by molar-refractivity contribution is 6.05. The largest absolute Gasteiger partial charge is 0.339 e. The maximum Gasteiger partial charge on any atom is 0.257 e. The number of amides is 2. The first-order valence-corrected chi connectivity index (χ1v) is 15.6. The summed E-state index contributed by atoms with van der Waals surface area (Å²) in [7, 11) is 0. The van der Waals surface area contributed by atoms with Gasteiger partial charge in [0, 0.05) is 60.4 Å². The molecule has 8 heteroatoms. The molecule has 0 unspecified atom stereocenters. The zero-order valence-corrected chi connectivity index (χ0v) is 26.0. The summed E-state index contributed by atoms with van der Waals surface area (Å²) in [6.07, 6.45) is 11.7. The third kappa shape index (κ3) is 7.01. The van der Waals surface area contributed by atoms with Gasteiger partial charge < -0.3 is 10.2 Å². The monoisotopic (exact) mass is 598 g/mol. The third-order valence-electron chi connectivity index (χ3n) is 8.44. The number of carbonyl (C=O) groups is 2. The number of piperidine rings is 1. The summed E-state index contributed by atoms with van der Waals surface area (Å²) in [4.78, 5) is 36.9. The molecule has 2 aromatic carbocycles. The van der Waals surface area contributed by atoms with Gasteiger partial charge in [-0.3, -0.25) is 19.6 Å². The highest BCUT2D eigenvalue weighted by atomic mass is 16.2. The van der Waals surface area contributed by atoms with Gasteiger partial charge in [-0.25, -0.2) is 4.68 Å². The Morgan fingerprint density at radius 3 is 2.31 bits per heavy atom. The van der Waals surface area contributed by atoms with Crippen molar-refractivity contribution >= 4 is 17.5 Å². The summed E-state index contributed by atoms with van der Waals surface area (Å²) in [6, 6.07) is 21.8. The van der Waals surface area contributed by atoms with E-state index in [1.54, 1.807) is 30.7 Å². The van der Waals surface area contributed by atoms with Crippen molar-refractivity contribution in [1.82, 2.24) is 24.6 Å². The maximum atomic E-state index is 13.5. The maximum absolute atomic E-state index is 13.5. The number of hydrogen-bond acceptors (Lipinski definition) is 5. The summed E-state index contributed by atoms with van der Waals surface area (Å²) >= 11 is 0. The zero-order chi connectivity index (χ0) is 31.3. The normalized spacial score (nSPS) is 13.6. The number of hydrogen-bond donors (Lipinski definition) is 1. The lowest BCUT2D eigenvalue weighted by Gasteiger charge is -2.32. The number of aryl methyl sites for hydroxylation is 1. The fourth-order valence-electron chi connectivity index (χ4n) is 5.84. The van der Waals surface area contributed by atoms with Crippen LogP contribution < -0.4 is 5.32 Å². The van der Waals surface area contributed by atoms with Crippen molar-refractivity contribution < 1.29 is 9.59 Å². The van der Waals surface area contributed by atoms with Crippen LogP contribution >= 0.6 is 0 Å². The number of nitrogens with one attached hydrogen (secondary N) is 1. The summed E-state index contributed by atoms with van der Waals surface area (Å²) in [5.74, 6) is 0.654. The Morgan fingerprint density at radius 2 is 1.62 bits per heavy atom. The average molecular weight is 599 g/mol. The lowest BCUT2D eigenvalue weighted by Crippen LogP contribution is -2.38. The molecule has 0 aliphatic carbocycles. The van der Waals surface area contributed by atoms with Crippen LogP contribution in [0.15, 0.2) is 97.7 Å². The molecule has 1 aliphatic heterocycles. The number of likely N-dealkylation sites (tertiary alicyclic amines) is 1. The van der Waals surface area contributed by atoms with Crippen LogP contribution in [0.5, 0.6) is 0 Å².